The highest BCUT2D eigenvalue weighted by Gasteiger charge is 2.34. The van der Waals surface area contributed by atoms with Crippen LogP contribution in [0, 0.1) is 0 Å². The van der Waals surface area contributed by atoms with E-state index in [1.165, 1.54) is 11.8 Å². The summed E-state index contributed by atoms with van der Waals surface area (Å²) in [7, 11) is 0. The molecule has 1 aliphatic rings. The Kier molecular flexibility index (Phi) is 5.83. The van der Waals surface area contributed by atoms with Gasteiger partial charge in [0.15, 0.2) is 4.32 Å². The normalized spacial score (nSPS) is 15.6. The van der Waals surface area contributed by atoms with E-state index in [0.29, 0.717) is 30.8 Å². The molecule has 0 unspecified atom stereocenters. The molecule has 1 aliphatic heterocycles. The molecule has 1 fully saturated rings. The maximum Gasteiger partial charge on any atom is 0.270 e. The smallest absolute Gasteiger partial charge is 0.270 e. The molecular weight excluding hydrogens is 445 g/mol. The van der Waals surface area contributed by atoms with Gasteiger partial charge in [0.25, 0.3) is 5.91 Å². The summed E-state index contributed by atoms with van der Waals surface area (Å²) in [5.41, 5.74) is 2.71. The molecule has 0 radical (unpaired) electrons. The fourth-order valence-electron chi connectivity index (χ4n) is 3.07. The van der Waals surface area contributed by atoms with Crippen molar-refractivity contribution in [3.8, 4) is 11.3 Å². The molecule has 2 heterocycles. The number of nitrogens with zero attached hydrogens (tertiary/aromatic N) is 1. The minimum Gasteiger partial charge on any atom is -0.457 e. The predicted octanol–water partition coefficient (Wildman–Crippen LogP) is 7.22. The summed E-state index contributed by atoms with van der Waals surface area (Å²) in [4.78, 5) is 15.1. The van der Waals surface area contributed by atoms with Crippen LogP contribution in [-0.4, -0.2) is 10.2 Å². The van der Waals surface area contributed by atoms with Crippen LogP contribution in [0.4, 0.5) is 5.69 Å². The van der Waals surface area contributed by atoms with Crippen molar-refractivity contribution in [3.05, 3.63) is 80.9 Å². The summed E-state index contributed by atoms with van der Waals surface area (Å²) in [5, 5.41) is 0.941. The van der Waals surface area contributed by atoms with Crippen LogP contribution in [0.1, 0.15) is 18.2 Å². The Morgan fingerprint density at radius 3 is 2.66 bits per heavy atom. The largest absolute Gasteiger partial charge is 0.457 e. The molecule has 0 saturated carbocycles. The summed E-state index contributed by atoms with van der Waals surface area (Å²) in [6.45, 7) is 2.06. The van der Waals surface area contributed by atoms with Crippen LogP contribution in [0.15, 0.2) is 63.9 Å². The van der Waals surface area contributed by atoms with Crippen molar-refractivity contribution in [3.63, 3.8) is 0 Å². The number of aryl methyl sites for hydroxylation is 1. The zero-order valence-electron chi connectivity index (χ0n) is 15.3. The van der Waals surface area contributed by atoms with Crippen LogP contribution in [0.5, 0.6) is 0 Å². The maximum atomic E-state index is 13.0. The van der Waals surface area contributed by atoms with Crippen molar-refractivity contribution in [2.24, 2.45) is 0 Å². The molecule has 0 N–H and O–H groups in total. The number of benzene rings is 2. The lowest BCUT2D eigenvalue weighted by Gasteiger charge is -2.17. The van der Waals surface area contributed by atoms with Gasteiger partial charge >= 0.3 is 0 Å². The van der Waals surface area contributed by atoms with Gasteiger partial charge in [-0.25, -0.2) is 0 Å². The van der Waals surface area contributed by atoms with Gasteiger partial charge in [-0.3, -0.25) is 9.69 Å². The van der Waals surface area contributed by atoms with E-state index in [-0.39, 0.29) is 5.91 Å². The number of halogens is 2. The molecule has 7 heteroatoms. The van der Waals surface area contributed by atoms with E-state index in [1.54, 1.807) is 23.1 Å². The molecule has 1 amide bonds. The van der Waals surface area contributed by atoms with Crippen molar-refractivity contribution in [1.29, 1.82) is 0 Å². The topological polar surface area (TPSA) is 33.5 Å². The molecule has 3 aromatic rings. The van der Waals surface area contributed by atoms with Crippen molar-refractivity contribution < 1.29 is 9.21 Å². The Morgan fingerprint density at radius 1 is 1.10 bits per heavy atom. The number of carbonyl (C=O) groups is 1. The van der Waals surface area contributed by atoms with Gasteiger partial charge in [-0.15, -0.1) is 0 Å². The van der Waals surface area contributed by atoms with E-state index in [9.17, 15) is 4.79 Å². The third-order valence-electron chi connectivity index (χ3n) is 4.51. The Balaban J connectivity index is 1.63. The molecule has 0 aliphatic carbocycles. The second-order valence-electron chi connectivity index (χ2n) is 6.33. The van der Waals surface area contributed by atoms with Crippen LogP contribution < -0.4 is 4.90 Å². The maximum absolute atomic E-state index is 13.0. The van der Waals surface area contributed by atoms with E-state index < -0.39 is 0 Å². The van der Waals surface area contributed by atoms with Gasteiger partial charge in [0.2, 0.25) is 0 Å². The monoisotopic (exact) mass is 459 g/mol. The molecule has 146 valence electrons. The number of hydrogen-bond donors (Lipinski definition) is 0. The summed E-state index contributed by atoms with van der Waals surface area (Å²) in [6, 6.07) is 16.7. The van der Waals surface area contributed by atoms with Gasteiger partial charge in [-0.1, -0.05) is 72.3 Å². The van der Waals surface area contributed by atoms with Crippen molar-refractivity contribution in [2.75, 3.05) is 4.90 Å². The lowest BCUT2D eigenvalue weighted by Crippen LogP contribution is -2.28. The average molecular weight is 460 g/mol. The first kappa shape index (κ1) is 20.2. The molecule has 0 spiro atoms. The number of thioether (sulfide) groups is 1. The van der Waals surface area contributed by atoms with Gasteiger partial charge in [-0.2, -0.15) is 0 Å². The minimum atomic E-state index is -0.145. The molecule has 3 nitrogen and oxygen atoms in total. The number of para-hydroxylation sites is 1. The first-order valence-corrected chi connectivity index (χ1v) is 10.9. The van der Waals surface area contributed by atoms with Crippen LogP contribution in [0.25, 0.3) is 17.4 Å². The summed E-state index contributed by atoms with van der Waals surface area (Å²) in [5.74, 6) is 1.06. The SMILES string of the molecule is CCc1ccccc1N1C(=O)/C(=C\c2ccc(-c3ccc(Cl)c(Cl)c3)o2)SC1=S. The van der Waals surface area contributed by atoms with Crippen LogP contribution >= 0.6 is 47.2 Å². The van der Waals surface area contributed by atoms with E-state index in [4.69, 9.17) is 39.8 Å². The number of carbonyl (C=O) groups excluding carboxylic acids is 1. The summed E-state index contributed by atoms with van der Waals surface area (Å²) >= 11 is 18.8. The second-order valence-corrected chi connectivity index (χ2v) is 8.82. The quantitative estimate of drug-likeness (QED) is 0.304. The Labute approximate surface area is 188 Å². The lowest BCUT2D eigenvalue weighted by molar-refractivity contribution is -0.113. The molecule has 29 heavy (non-hydrogen) atoms. The van der Waals surface area contributed by atoms with Gasteiger partial charge in [0, 0.05) is 11.6 Å². The third kappa shape index (κ3) is 4.01. The molecule has 1 saturated heterocycles. The van der Waals surface area contributed by atoms with Crippen LogP contribution in [0.2, 0.25) is 10.0 Å². The molecule has 0 bridgehead atoms. The van der Waals surface area contributed by atoms with Gasteiger partial charge in [0.05, 0.1) is 20.6 Å². The lowest BCUT2D eigenvalue weighted by atomic mass is 10.1. The van der Waals surface area contributed by atoms with E-state index in [1.807, 2.05) is 42.5 Å². The average Bonchev–Trinajstić information content (AvgIpc) is 3.29. The van der Waals surface area contributed by atoms with Crippen molar-refractivity contribution in [2.45, 2.75) is 13.3 Å². The zero-order valence-corrected chi connectivity index (χ0v) is 18.5. The number of furan rings is 1. The second kappa shape index (κ2) is 8.36. The Bertz CT molecular complexity index is 1150. The highest BCUT2D eigenvalue weighted by Crippen LogP contribution is 2.38. The van der Waals surface area contributed by atoms with E-state index in [2.05, 4.69) is 6.92 Å². The first-order chi connectivity index (χ1) is 14.0. The summed E-state index contributed by atoms with van der Waals surface area (Å²) < 4.78 is 6.40. The third-order valence-corrected chi connectivity index (χ3v) is 6.55. The predicted molar refractivity (Wildman–Crippen MR) is 126 cm³/mol. The molecule has 4 rings (SSSR count). The fraction of sp³-hybridized carbons (Fsp3) is 0.0909. The zero-order chi connectivity index (χ0) is 20.5. The molecule has 0 atom stereocenters. The van der Waals surface area contributed by atoms with Crippen LogP contribution in [0.3, 0.4) is 0 Å². The van der Waals surface area contributed by atoms with Gasteiger partial charge in [0.1, 0.15) is 11.5 Å². The number of amides is 1. The van der Waals surface area contributed by atoms with E-state index >= 15 is 0 Å². The number of thiocarbonyl (C=S) groups is 1. The highest BCUT2D eigenvalue weighted by atomic mass is 35.5. The summed E-state index contributed by atoms with van der Waals surface area (Å²) in [6.07, 6.45) is 2.53. The first-order valence-electron chi connectivity index (χ1n) is 8.89. The Morgan fingerprint density at radius 2 is 1.90 bits per heavy atom. The standard InChI is InChI=1S/C22H15Cl2NO2S2/c1-2-13-5-3-4-6-18(13)25-21(26)20(29-22(25)28)12-15-8-10-19(27-15)14-7-9-16(23)17(24)11-14/h3-12H,2H2,1H3/b20-12+. The number of hydrogen-bond acceptors (Lipinski definition) is 4. The fourth-order valence-corrected chi connectivity index (χ4v) is 4.63. The van der Waals surface area contributed by atoms with Crippen molar-refractivity contribution in [1.82, 2.24) is 0 Å². The minimum absolute atomic E-state index is 0.145. The van der Waals surface area contributed by atoms with Gasteiger partial charge < -0.3 is 4.42 Å². The van der Waals surface area contributed by atoms with Gasteiger partial charge in [-0.05, 0) is 48.4 Å². The number of anilines is 1. The van der Waals surface area contributed by atoms with Crippen molar-refractivity contribution >= 4 is 69.2 Å². The van der Waals surface area contributed by atoms with Crippen LogP contribution in [-0.2, 0) is 11.2 Å². The van der Waals surface area contributed by atoms with E-state index in [0.717, 1.165) is 23.2 Å². The molecular formula is C22H15Cl2NO2S2. The Hall–Kier alpha value is -2.05. The molecule has 1 aromatic heterocycles. The number of rotatable bonds is 4. The molecule has 2 aromatic carbocycles. The highest BCUT2D eigenvalue weighted by molar-refractivity contribution is 8.27.